The molecule has 0 saturated heterocycles. The third-order valence-corrected chi connectivity index (χ3v) is 3.95. The zero-order chi connectivity index (χ0) is 14.3. The average molecular weight is 346 g/mol. The molecule has 1 aliphatic rings. The first kappa shape index (κ1) is 13.7. The molecule has 0 radical (unpaired) electrons. The summed E-state index contributed by atoms with van der Waals surface area (Å²) in [6, 6.07) is 5.46. The van der Waals surface area contributed by atoms with Crippen LogP contribution < -0.4 is 0 Å². The first-order valence-electron chi connectivity index (χ1n) is 6.23. The minimum atomic E-state index is -4.40. The van der Waals surface area contributed by atoms with Gasteiger partial charge < -0.3 is 4.52 Å². The van der Waals surface area contributed by atoms with Crippen LogP contribution in [0.5, 0.6) is 0 Å². The van der Waals surface area contributed by atoms with Gasteiger partial charge in [-0.05, 0) is 18.9 Å². The van der Waals surface area contributed by atoms with Crippen LogP contribution in [0, 0.1) is 0 Å². The van der Waals surface area contributed by atoms with Crippen LogP contribution in [0.3, 0.4) is 0 Å². The van der Waals surface area contributed by atoms with E-state index in [4.69, 9.17) is 4.52 Å². The van der Waals surface area contributed by atoms with E-state index in [2.05, 4.69) is 21.1 Å². The number of alkyl halides is 4. The van der Waals surface area contributed by atoms with E-state index in [-0.39, 0.29) is 11.3 Å². The van der Waals surface area contributed by atoms with Crippen LogP contribution in [0.4, 0.5) is 13.2 Å². The smallest absolute Gasteiger partial charge is 0.360 e. The van der Waals surface area contributed by atoms with E-state index < -0.39 is 11.7 Å². The Kier molecular flexibility index (Phi) is 3.36. The standard InChI is InChI=1S/C14H11BrF3NO/c15-7-10-12(19-20-13(10)8-5-6-8)9-3-1-2-4-11(9)14(16,17)18/h1-4,8H,5-7H2. The fourth-order valence-corrected chi connectivity index (χ4v) is 2.81. The van der Waals surface area contributed by atoms with Crippen molar-refractivity contribution in [3.8, 4) is 11.3 Å². The zero-order valence-corrected chi connectivity index (χ0v) is 12.0. The highest BCUT2D eigenvalue weighted by atomic mass is 79.9. The first-order valence-corrected chi connectivity index (χ1v) is 7.35. The van der Waals surface area contributed by atoms with Gasteiger partial charge in [-0.15, -0.1) is 0 Å². The lowest BCUT2D eigenvalue weighted by atomic mass is 10.00. The Morgan fingerprint density at radius 3 is 2.55 bits per heavy atom. The highest BCUT2D eigenvalue weighted by Gasteiger charge is 2.37. The largest absolute Gasteiger partial charge is 0.417 e. The molecule has 1 aliphatic carbocycles. The quantitative estimate of drug-likeness (QED) is 0.720. The normalized spacial score (nSPS) is 15.6. The molecule has 1 heterocycles. The number of hydrogen-bond acceptors (Lipinski definition) is 2. The van der Waals surface area contributed by atoms with E-state index in [0.29, 0.717) is 17.0 Å². The summed E-state index contributed by atoms with van der Waals surface area (Å²) >= 11 is 3.33. The number of hydrogen-bond donors (Lipinski definition) is 0. The molecule has 1 aromatic carbocycles. The number of aromatic nitrogens is 1. The van der Waals surface area contributed by atoms with E-state index in [0.717, 1.165) is 24.5 Å². The van der Waals surface area contributed by atoms with E-state index in [1.54, 1.807) is 6.07 Å². The third-order valence-electron chi connectivity index (χ3n) is 3.39. The molecule has 0 bridgehead atoms. The second-order valence-electron chi connectivity index (χ2n) is 4.83. The molecule has 1 saturated carbocycles. The van der Waals surface area contributed by atoms with Gasteiger partial charge in [0.1, 0.15) is 11.5 Å². The van der Waals surface area contributed by atoms with Gasteiger partial charge in [0.15, 0.2) is 0 Å². The topological polar surface area (TPSA) is 26.0 Å². The molecule has 2 aromatic rings. The fourth-order valence-electron chi connectivity index (χ4n) is 2.27. The molecule has 3 rings (SSSR count). The highest BCUT2D eigenvalue weighted by Crippen LogP contribution is 2.46. The summed E-state index contributed by atoms with van der Waals surface area (Å²) in [6.07, 6.45) is -2.38. The monoisotopic (exact) mass is 345 g/mol. The SMILES string of the molecule is FC(F)(F)c1ccccc1-c1noc(C2CC2)c1CBr. The van der Waals surface area contributed by atoms with Crippen LogP contribution in [0.15, 0.2) is 28.8 Å². The summed E-state index contributed by atoms with van der Waals surface area (Å²) < 4.78 is 44.5. The first-order chi connectivity index (χ1) is 9.52. The van der Waals surface area contributed by atoms with Crippen LogP contribution in [0.25, 0.3) is 11.3 Å². The van der Waals surface area contributed by atoms with Crippen molar-refractivity contribution in [1.29, 1.82) is 0 Å². The Hall–Kier alpha value is -1.30. The summed E-state index contributed by atoms with van der Waals surface area (Å²) in [5, 5.41) is 4.32. The minimum Gasteiger partial charge on any atom is -0.360 e. The van der Waals surface area contributed by atoms with Gasteiger partial charge in [0.25, 0.3) is 0 Å². The second-order valence-corrected chi connectivity index (χ2v) is 5.39. The van der Waals surface area contributed by atoms with Gasteiger partial charge in [0.05, 0.1) is 5.56 Å². The van der Waals surface area contributed by atoms with Crippen molar-refractivity contribution in [2.24, 2.45) is 0 Å². The van der Waals surface area contributed by atoms with Crippen molar-refractivity contribution in [2.75, 3.05) is 0 Å². The molecular weight excluding hydrogens is 335 g/mol. The molecule has 106 valence electrons. The van der Waals surface area contributed by atoms with Gasteiger partial charge >= 0.3 is 6.18 Å². The van der Waals surface area contributed by atoms with Crippen LogP contribution in [0.2, 0.25) is 0 Å². The van der Waals surface area contributed by atoms with Gasteiger partial charge in [-0.25, -0.2) is 0 Å². The van der Waals surface area contributed by atoms with Crippen molar-refractivity contribution >= 4 is 15.9 Å². The Balaban J connectivity index is 2.14. The number of nitrogens with zero attached hydrogens (tertiary/aromatic N) is 1. The maximum atomic E-state index is 13.1. The lowest BCUT2D eigenvalue weighted by molar-refractivity contribution is -0.137. The van der Waals surface area contributed by atoms with Gasteiger partial charge in [-0.1, -0.05) is 39.3 Å². The van der Waals surface area contributed by atoms with Crippen LogP contribution in [-0.4, -0.2) is 5.16 Å². The molecule has 0 spiro atoms. The molecule has 0 unspecified atom stereocenters. The molecular formula is C14H11BrF3NO. The molecule has 2 nitrogen and oxygen atoms in total. The van der Waals surface area contributed by atoms with Gasteiger partial charge in [-0.2, -0.15) is 13.2 Å². The van der Waals surface area contributed by atoms with Crippen molar-refractivity contribution in [2.45, 2.75) is 30.3 Å². The Labute approximate surface area is 122 Å². The van der Waals surface area contributed by atoms with Crippen molar-refractivity contribution in [1.82, 2.24) is 5.16 Å². The summed E-state index contributed by atoms with van der Waals surface area (Å²) in [7, 11) is 0. The molecule has 1 aromatic heterocycles. The van der Waals surface area contributed by atoms with Crippen molar-refractivity contribution in [3.63, 3.8) is 0 Å². The third kappa shape index (κ3) is 2.37. The van der Waals surface area contributed by atoms with Gasteiger partial charge in [-0.3, -0.25) is 0 Å². The molecule has 6 heteroatoms. The van der Waals surface area contributed by atoms with E-state index in [9.17, 15) is 13.2 Å². The summed E-state index contributed by atoms with van der Waals surface area (Å²) in [5.74, 6) is 1.02. The maximum absolute atomic E-state index is 13.1. The Bertz CT molecular complexity index is 632. The minimum absolute atomic E-state index is 0.0742. The number of halogens is 4. The van der Waals surface area contributed by atoms with Crippen LogP contribution in [0.1, 0.15) is 35.6 Å². The van der Waals surface area contributed by atoms with E-state index in [1.807, 2.05) is 0 Å². The Morgan fingerprint density at radius 1 is 1.25 bits per heavy atom. The molecule has 20 heavy (non-hydrogen) atoms. The fraction of sp³-hybridized carbons (Fsp3) is 0.357. The zero-order valence-electron chi connectivity index (χ0n) is 10.4. The number of rotatable bonds is 3. The van der Waals surface area contributed by atoms with E-state index >= 15 is 0 Å². The van der Waals surface area contributed by atoms with Crippen LogP contribution >= 0.6 is 15.9 Å². The predicted molar refractivity (Wildman–Crippen MR) is 71.5 cm³/mol. The summed E-state index contributed by atoms with van der Waals surface area (Å²) in [5.41, 5.74) is 0.406. The molecule has 0 N–H and O–H groups in total. The van der Waals surface area contributed by atoms with Gasteiger partial charge in [0, 0.05) is 22.4 Å². The molecule has 0 atom stereocenters. The maximum Gasteiger partial charge on any atom is 0.417 e. The van der Waals surface area contributed by atoms with Crippen molar-refractivity contribution < 1.29 is 17.7 Å². The van der Waals surface area contributed by atoms with Crippen LogP contribution in [-0.2, 0) is 11.5 Å². The summed E-state index contributed by atoms with van der Waals surface area (Å²) in [4.78, 5) is 0. The lowest BCUT2D eigenvalue weighted by Gasteiger charge is -2.11. The average Bonchev–Trinajstić information content (AvgIpc) is 3.17. The molecule has 0 amide bonds. The predicted octanol–water partition coefficient (Wildman–Crippen LogP) is 5.13. The highest BCUT2D eigenvalue weighted by molar-refractivity contribution is 9.08. The molecule has 1 fully saturated rings. The summed E-state index contributed by atoms with van der Waals surface area (Å²) in [6.45, 7) is 0. The second kappa shape index (κ2) is 4.91. The number of benzene rings is 1. The lowest BCUT2D eigenvalue weighted by Crippen LogP contribution is -2.07. The Morgan fingerprint density at radius 2 is 1.95 bits per heavy atom. The van der Waals surface area contributed by atoms with Gasteiger partial charge in [0.2, 0.25) is 0 Å². The molecule has 0 aliphatic heterocycles. The van der Waals surface area contributed by atoms with Crippen molar-refractivity contribution in [3.05, 3.63) is 41.2 Å². The van der Waals surface area contributed by atoms with E-state index in [1.165, 1.54) is 12.1 Å².